The van der Waals surface area contributed by atoms with Gasteiger partial charge in [0.1, 0.15) is 11.8 Å². The van der Waals surface area contributed by atoms with E-state index in [2.05, 4.69) is 11.4 Å². The summed E-state index contributed by atoms with van der Waals surface area (Å²) in [6, 6.07) is 11.7. The minimum atomic E-state index is 0.658. The molecule has 0 bridgehead atoms. The van der Waals surface area contributed by atoms with E-state index in [4.69, 9.17) is 16.9 Å². The van der Waals surface area contributed by atoms with Crippen LogP contribution in [0.3, 0.4) is 0 Å². The molecule has 92 valence electrons. The Bertz CT molecular complexity index is 608. The summed E-state index contributed by atoms with van der Waals surface area (Å²) in [6.45, 7) is 2.66. The average Bonchev–Trinajstić information content (AvgIpc) is 2.65. The summed E-state index contributed by atoms with van der Waals surface area (Å²) in [5.74, 6) is 0. The topological polar surface area (TPSA) is 40.8 Å². The third kappa shape index (κ3) is 2.34. The lowest BCUT2D eigenvalue weighted by atomic mass is 10.2. The number of hydrogen-bond acceptors (Lipinski definition) is 2. The van der Waals surface area contributed by atoms with Gasteiger partial charge in [-0.25, -0.2) is 0 Å². The van der Waals surface area contributed by atoms with Crippen molar-refractivity contribution < 1.29 is 0 Å². The second kappa shape index (κ2) is 5.16. The maximum Gasteiger partial charge on any atom is 0.120 e. The van der Waals surface area contributed by atoms with Crippen LogP contribution in [0.15, 0.2) is 30.3 Å². The third-order valence-electron chi connectivity index (χ3n) is 3.10. The number of para-hydroxylation sites is 1. The van der Waals surface area contributed by atoms with Gasteiger partial charge in [0.2, 0.25) is 0 Å². The van der Waals surface area contributed by atoms with Crippen molar-refractivity contribution in [3.8, 4) is 6.07 Å². The van der Waals surface area contributed by atoms with Crippen molar-refractivity contribution in [1.82, 2.24) is 4.57 Å². The number of rotatable bonds is 3. The molecule has 4 heteroatoms. The van der Waals surface area contributed by atoms with Gasteiger partial charge in [0, 0.05) is 19.3 Å². The van der Waals surface area contributed by atoms with E-state index in [0.717, 1.165) is 16.9 Å². The van der Waals surface area contributed by atoms with Gasteiger partial charge in [0.15, 0.2) is 0 Å². The minimum Gasteiger partial charge on any atom is -0.380 e. The highest BCUT2D eigenvalue weighted by Crippen LogP contribution is 2.22. The zero-order valence-electron chi connectivity index (χ0n) is 10.4. The lowest BCUT2D eigenvalue weighted by Gasteiger charge is -2.08. The highest BCUT2D eigenvalue weighted by atomic mass is 35.5. The first-order valence-corrected chi connectivity index (χ1v) is 6.05. The van der Waals surface area contributed by atoms with E-state index in [-0.39, 0.29) is 0 Å². The first-order valence-electron chi connectivity index (χ1n) is 5.67. The molecule has 0 aliphatic heterocycles. The number of halogens is 1. The molecule has 18 heavy (non-hydrogen) atoms. The fraction of sp³-hybridized carbons (Fsp3) is 0.214. The minimum absolute atomic E-state index is 0.658. The number of nitriles is 1. The predicted octanol–water partition coefficient (Wildman–Crippen LogP) is 3.47. The van der Waals surface area contributed by atoms with Gasteiger partial charge in [-0.15, -0.1) is 0 Å². The fourth-order valence-electron chi connectivity index (χ4n) is 1.84. The van der Waals surface area contributed by atoms with Crippen LogP contribution in [0, 0.1) is 18.3 Å². The van der Waals surface area contributed by atoms with Crippen LogP contribution in [0.25, 0.3) is 0 Å². The van der Waals surface area contributed by atoms with Gasteiger partial charge in [-0.3, -0.25) is 0 Å². The molecule has 3 nitrogen and oxygen atoms in total. The molecule has 2 aromatic rings. The first-order chi connectivity index (χ1) is 8.63. The predicted molar refractivity (Wildman–Crippen MR) is 73.6 cm³/mol. The Labute approximate surface area is 112 Å². The normalized spacial score (nSPS) is 10.1. The molecular weight excluding hydrogens is 246 g/mol. The zero-order chi connectivity index (χ0) is 13.1. The van der Waals surface area contributed by atoms with Crippen LogP contribution in [0.1, 0.15) is 17.0 Å². The molecule has 1 aromatic heterocycles. The molecule has 0 saturated heterocycles. The number of nitrogens with zero attached hydrogens (tertiary/aromatic N) is 2. The number of hydrogen-bond donors (Lipinski definition) is 1. The van der Waals surface area contributed by atoms with Gasteiger partial charge in [-0.05, 0) is 30.7 Å². The van der Waals surface area contributed by atoms with E-state index in [0.29, 0.717) is 17.3 Å². The van der Waals surface area contributed by atoms with Gasteiger partial charge < -0.3 is 9.88 Å². The Morgan fingerprint density at radius 1 is 1.39 bits per heavy atom. The summed E-state index contributed by atoms with van der Waals surface area (Å²) in [6.07, 6.45) is 0. The van der Waals surface area contributed by atoms with Crippen molar-refractivity contribution in [1.29, 1.82) is 5.26 Å². The fourth-order valence-corrected chi connectivity index (χ4v) is 2.05. The van der Waals surface area contributed by atoms with Crippen molar-refractivity contribution in [2.24, 2.45) is 7.05 Å². The molecule has 0 atom stereocenters. The summed E-state index contributed by atoms with van der Waals surface area (Å²) in [5, 5.41) is 13.0. The third-order valence-corrected chi connectivity index (χ3v) is 3.43. The van der Waals surface area contributed by atoms with E-state index in [1.165, 1.54) is 0 Å². The Balaban J connectivity index is 2.17. The Hall–Kier alpha value is -1.92. The van der Waals surface area contributed by atoms with Crippen molar-refractivity contribution >= 4 is 17.3 Å². The molecule has 1 heterocycles. The average molecular weight is 260 g/mol. The molecule has 2 rings (SSSR count). The molecule has 0 amide bonds. The van der Waals surface area contributed by atoms with Crippen LogP contribution in [0.2, 0.25) is 5.02 Å². The molecular formula is C14H14ClN3. The van der Waals surface area contributed by atoms with Gasteiger partial charge in [0.05, 0.1) is 10.7 Å². The quantitative estimate of drug-likeness (QED) is 0.917. The Morgan fingerprint density at radius 2 is 2.11 bits per heavy atom. The highest BCUT2D eigenvalue weighted by Gasteiger charge is 2.08. The monoisotopic (exact) mass is 259 g/mol. The summed E-state index contributed by atoms with van der Waals surface area (Å²) in [7, 11) is 1.90. The maximum atomic E-state index is 8.97. The lowest BCUT2D eigenvalue weighted by Crippen LogP contribution is -2.01. The van der Waals surface area contributed by atoms with Crippen molar-refractivity contribution in [3.63, 3.8) is 0 Å². The molecule has 0 radical (unpaired) electrons. The summed E-state index contributed by atoms with van der Waals surface area (Å²) < 4.78 is 1.89. The molecule has 0 aliphatic carbocycles. The molecule has 0 spiro atoms. The van der Waals surface area contributed by atoms with E-state index < -0.39 is 0 Å². The van der Waals surface area contributed by atoms with Crippen LogP contribution in [-0.4, -0.2) is 4.57 Å². The van der Waals surface area contributed by atoms with E-state index in [1.54, 1.807) is 0 Å². The second-order valence-corrected chi connectivity index (χ2v) is 4.55. The van der Waals surface area contributed by atoms with Crippen LogP contribution in [0.4, 0.5) is 5.69 Å². The van der Waals surface area contributed by atoms with Crippen molar-refractivity contribution in [2.45, 2.75) is 13.5 Å². The zero-order valence-corrected chi connectivity index (χ0v) is 11.1. The molecule has 0 fully saturated rings. The molecule has 0 saturated carbocycles. The lowest BCUT2D eigenvalue weighted by molar-refractivity contribution is 0.856. The van der Waals surface area contributed by atoms with E-state index >= 15 is 0 Å². The van der Waals surface area contributed by atoms with E-state index in [9.17, 15) is 0 Å². The van der Waals surface area contributed by atoms with Crippen molar-refractivity contribution in [2.75, 3.05) is 5.32 Å². The number of anilines is 1. The smallest absolute Gasteiger partial charge is 0.120 e. The number of nitrogens with one attached hydrogen (secondary N) is 1. The van der Waals surface area contributed by atoms with Crippen LogP contribution >= 0.6 is 11.6 Å². The van der Waals surface area contributed by atoms with Gasteiger partial charge in [-0.2, -0.15) is 5.26 Å². The van der Waals surface area contributed by atoms with E-state index in [1.807, 2.05) is 48.9 Å². The molecule has 0 aliphatic rings. The largest absolute Gasteiger partial charge is 0.380 e. The summed E-state index contributed by atoms with van der Waals surface area (Å²) in [5.41, 5.74) is 3.77. The maximum absolute atomic E-state index is 8.97. The Kier molecular flexibility index (Phi) is 3.59. The summed E-state index contributed by atoms with van der Waals surface area (Å²) >= 11 is 6.07. The van der Waals surface area contributed by atoms with Gasteiger partial charge in [0.25, 0.3) is 0 Å². The first kappa shape index (κ1) is 12.5. The molecule has 1 aromatic carbocycles. The summed E-state index contributed by atoms with van der Waals surface area (Å²) in [4.78, 5) is 0. The van der Waals surface area contributed by atoms with Crippen LogP contribution < -0.4 is 5.32 Å². The van der Waals surface area contributed by atoms with Crippen LogP contribution in [0.5, 0.6) is 0 Å². The molecule has 1 N–H and O–H groups in total. The van der Waals surface area contributed by atoms with Crippen molar-refractivity contribution in [3.05, 3.63) is 52.3 Å². The number of benzene rings is 1. The van der Waals surface area contributed by atoms with Gasteiger partial charge >= 0.3 is 0 Å². The molecule has 0 unspecified atom stereocenters. The van der Waals surface area contributed by atoms with Gasteiger partial charge in [-0.1, -0.05) is 23.7 Å². The van der Waals surface area contributed by atoms with Crippen LogP contribution in [-0.2, 0) is 13.6 Å². The Morgan fingerprint density at radius 3 is 2.72 bits per heavy atom. The highest BCUT2D eigenvalue weighted by molar-refractivity contribution is 6.33. The second-order valence-electron chi connectivity index (χ2n) is 4.14. The SMILES string of the molecule is Cc1c(CNc2ccccc2Cl)cc(C#N)n1C. The number of aromatic nitrogens is 1. The standard InChI is InChI=1S/C14H14ClN3/c1-10-11(7-12(8-16)18(10)2)9-17-14-6-4-3-5-13(14)15/h3-7,17H,9H2,1-2H3.